The first kappa shape index (κ1) is 21.7. The first-order chi connectivity index (χ1) is 12.2. The van der Waals surface area contributed by atoms with Crippen LogP contribution < -0.4 is 11.1 Å². The van der Waals surface area contributed by atoms with E-state index in [-0.39, 0.29) is 35.0 Å². The van der Waals surface area contributed by atoms with Crippen molar-refractivity contribution in [2.75, 3.05) is 13.7 Å². The summed E-state index contributed by atoms with van der Waals surface area (Å²) in [5.74, 6) is -0.741. The van der Waals surface area contributed by atoms with Crippen molar-refractivity contribution in [2.45, 2.75) is 66.6 Å². The molecule has 2 aliphatic rings. The van der Waals surface area contributed by atoms with Crippen molar-refractivity contribution in [1.29, 1.82) is 0 Å². The van der Waals surface area contributed by atoms with Gasteiger partial charge in [-0.15, -0.1) is 0 Å². The number of nitrogens with two attached hydrogens (primary N) is 1. The first-order valence-electron chi connectivity index (χ1n) is 9.69. The molecule has 7 heteroatoms. The quantitative estimate of drug-likeness (QED) is 0.696. The van der Waals surface area contributed by atoms with Gasteiger partial charge in [-0.3, -0.25) is 9.59 Å². The van der Waals surface area contributed by atoms with E-state index in [9.17, 15) is 14.4 Å². The lowest BCUT2D eigenvalue weighted by Crippen LogP contribution is -2.59. The van der Waals surface area contributed by atoms with Crippen LogP contribution in [0.3, 0.4) is 0 Å². The zero-order chi connectivity index (χ0) is 20.9. The largest absolute Gasteiger partial charge is 0.467 e. The maximum atomic E-state index is 13.1. The Hall–Kier alpha value is -1.63. The summed E-state index contributed by atoms with van der Waals surface area (Å²) in [4.78, 5) is 39.8. The molecule has 3 N–H and O–H groups in total. The zero-order valence-corrected chi connectivity index (χ0v) is 17.8. The van der Waals surface area contributed by atoms with Crippen molar-refractivity contribution < 1.29 is 19.1 Å². The molecule has 1 aliphatic carbocycles. The molecule has 7 nitrogen and oxygen atoms in total. The fourth-order valence-corrected chi connectivity index (χ4v) is 4.23. The summed E-state index contributed by atoms with van der Waals surface area (Å²) in [5.41, 5.74) is 5.79. The zero-order valence-electron chi connectivity index (χ0n) is 17.8. The van der Waals surface area contributed by atoms with E-state index in [2.05, 4.69) is 19.2 Å². The number of ether oxygens (including phenoxy) is 1. The molecule has 0 bridgehead atoms. The van der Waals surface area contributed by atoms with Gasteiger partial charge in [0.25, 0.3) is 0 Å². The summed E-state index contributed by atoms with van der Waals surface area (Å²) in [6.45, 7) is 14.2. The van der Waals surface area contributed by atoms with Crippen molar-refractivity contribution in [3.05, 3.63) is 0 Å². The van der Waals surface area contributed by atoms with E-state index in [1.165, 1.54) is 7.11 Å². The van der Waals surface area contributed by atoms with Crippen LogP contribution in [0.4, 0.5) is 0 Å². The molecule has 1 aliphatic heterocycles. The molecule has 0 radical (unpaired) electrons. The third-order valence-electron chi connectivity index (χ3n) is 6.38. The highest BCUT2D eigenvalue weighted by Gasteiger charge is 2.69. The van der Waals surface area contributed by atoms with Crippen molar-refractivity contribution in [3.63, 3.8) is 0 Å². The fraction of sp³-hybridized carbons (Fsp3) is 0.850. The Labute approximate surface area is 162 Å². The molecule has 5 atom stereocenters. The van der Waals surface area contributed by atoms with Gasteiger partial charge in [-0.05, 0) is 28.6 Å². The van der Waals surface area contributed by atoms with Crippen LogP contribution in [0.15, 0.2) is 0 Å². The van der Waals surface area contributed by atoms with E-state index in [0.717, 1.165) is 0 Å². The number of hydrogen-bond acceptors (Lipinski definition) is 5. The Kier molecular flexibility index (Phi) is 5.68. The molecule has 0 spiro atoms. The number of carbonyl (C=O) groups is 3. The van der Waals surface area contributed by atoms with Crippen LogP contribution in [0.5, 0.6) is 0 Å². The lowest BCUT2D eigenvalue weighted by atomic mass is 9.86. The number of fused-ring (bicyclic) bond motifs is 1. The maximum absolute atomic E-state index is 13.1. The number of piperidine rings is 1. The SMILES string of the molecule is COC(=O)[C@@H](NC(=O)[C@@H]1[C@@H]2[C@H](CN1C(=O)[C@@H](N)C(C)(C)C)C2(C)C)C(C)C. The van der Waals surface area contributed by atoms with Crippen molar-refractivity contribution in [3.8, 4) is 0 Å². The second-order valence-electron chi connectivity index (χ2n) is 9.99. The smallest absolute Gasteiger partial charge is 0.328 e. The number of rotatable bonds is 5. The Morgan fingerprint density at radius 1 is 1.22 bits per heavy atom. The van der Waals surface area contributed by atoms with E-state index in [4.69, 9.17) is 10.5 Å². The minimum atomic E-state index is -0.739. The van der Waals surface area contributed by atoms with Crippen LogP contribution in [0, 0.1) is 28.6 Å². The van der Waals surface area contributed by atoms with Gasteiger partial charge in [-0.25, -0.2) is 4.79 Å². The van der Waals surface area contributed by atoms with Crippen molar-refractivity contribution in [2.24, 2.45) is 34.3 Å². The standard InChI is InChI=1S/C20H35N3O4/c1-10(2)13(18(26)27-8)22-16(24)14-12-11(20(12,6)7)9-23(14)17(25)15(21)19(3,4)5/h10-15H,9,21H2,1-8H3,(H,22,24)/t11-,12-,13-,14-,15+/m0/s1. The normalized spacial score (nSPS) is 28.4. The number of hydrogen-bond donors (Lipinski definition) is 2. The van der Waals surface area contributed by atoms with Gasteiger partial charge in [-0.2, -0.15) is 0 Å². The molecular formula is C20H35N3O4. The Morgan fingerprint density at radius 3 is 2.22 bits per heavy atom. The monoisotopic (exact) mass is 381 g/mol. The molecule has 1 saturated carbocycles. The Morgan fingerprint density at radius 2 is 1.78 bits per heavy atom. The summed E-state index contributed by atoms with van der Waals surface area (Å²) < 4.78 is 4.82. The number of amides is 2. The number of nitrogens with one attached hydrogen (secondary N) is 1. The summed E-state index contributed by atoms with van der Waals surface area (Å²) in [6.07, 6.45) is 0. The van der Waals surface area contributed by atoms with E-state index in [1.54, 1.807) is 4.90 Å². The average molecular weight is 382 g/mol. The number of esters is 1. The lowest BCUT2D eigenvalue weighted by molar-refractivity contribution is -0.148. The van der Waals surface area contributed by atoms with Crippen LogP contribution in [0.2, 0.25) is 0 Å². The Balaban J connectivity index is 2.25. The molecule has 0 aromatic carbocycles. The highest BCUT2D eigenvalue weighted by Crippen LogP contribution is 2.65. The molecule has 1 heterocycles. The van der Waals surface area contributed by atoms with Gasteiger partial charge in [0.15, 0.2) is 0 Å². The summed E-state index contributed by atoms with van der Waals surface area (Å²) in [6, 6.07) is -2.02. The minimum absolute atomic E-state index is 0.00318. The number of methoxy groups -OCH3 is 1. The van der Waals surface area contributed by atoms with Gasteiger partial charge in [-0.1, -0.05) is 48.5 Å². The van der Waals surface area contributed by atoms with E-state index < -0.39 is 29.5 Å². The first-order valence-corrected chi connectivity index (χ1v) is 9.69. The lowest BCUT2D eigenvalue weighted by Gasteiger charge is -2.36. The predicted molar refractivity (Wildman–Crippen MR) is 102 cm³/mol. The molecule has 154 valence electrons. The van der Waals surface area contributed by atoms with Crippen molar-refractivity contribution in [1.82, 2.24) is 10.2 Å². The van der Waals surface area contributed by atoms with Gasteiger partial charge >= 0.3 is 5.97 Å². The van der Waals surface area contributed by atoms with Crippen LogP contribution in [0.25, 0.3) is 0 Å². The molecule has 2 amide bonds. The van der Waals surface area contributed by atoms with Crippen LogP contribution in [-0.4, -0.2) is 54.5 Å². The number of nitrogens with zero attached hydrogens (tertiary/aromatic N) is 1. The topological polar surface area (TPSA) is 102 Å². The third-order valence-corrected chi connectivity index (χ3v) is 6.38. The molecule has 2 fully saturated rings. The number of carbonyl (C=O) groups excluding carboxylic acids is 3. The molecule has 0 aromatic rings. The van der Waals surface area contributed by atoms with Crippen molar-refractivity contribution >= 4 is 17.8 Å². The van der Waals surface area contributed by atoms with Crippen LogP contribution in [-0.2, 0) is 19.1 Å². The highest BCUT2D eigenvalue weighted by molar-refractivity contribution is 5.93. The predicted octanol–water partition coefficient (Wildman–Crippen LogP) is 1.16. The second kappa shape index (κ2) is 7.08. The van der Waals surface area contributed by atoms with Gasteiger partial charge in [0.2, 0.25) is 11.8 Å². The molecule has 0 unspecified atom stereocenters. The van der Waals surface area contributed by atoms with E-state index in [0.29, 0.717) is 6.54 Å². The van der Waals surface area contributed by atoms with E-state index in [1.807, 2.05) is 34.6 Å². The fourth-order valence-electron chi connectivity index (χ4n) is 4.23. The summed E-state index contributed by atoms with van der Waals surface area (Å²) in [7, 11) is 1.30. The molecule has 1 saturated heterocycles. The molecule has 0 aromatic heterocycles. The summed E-state index contributed by atoms with van der Waals surface area (Å²) >= 11 is 0. The van der Waals surface area contributed by atoms with Crippen LogP contribution >= 0.6 is 0 Å². The highest BCUT2D eigenvalue weighted by atomic mass is 16.5. The van der Waals surface area contributed by atoms with Gasteiger partial charge in [0, 0.05) is 6.54 Å². The Bertz CT molecular complexity index is 623. The number of likely N-dealkylation sites (tertiary alicyclic amines) is 1. The molecular weight excluding hydrogens is 346 g/mol. The second-order valence-corrected chi connectivity index (χ2v) is 9.99. The van der Waals surface area contributed by atoms with Gasteiger partial charge < -0.3 is 20.7 Å². The third kappa shape index (κ3) is 3.84. The molecule has 2 rings (SSSR count). The summed E-state index contributed by atoms with van der Waals surface area (Å²) in [5, 5.41) is 2.82. The maximum Gasteiger partial charge on any atom is 0.328 e. The average Bonchev–Trinajstić information content (AvgIpc) is 2.93. The van der Waals surface area contributed by atoms with Gasteiger partial charge in [0.1, 0.15) is 12.1 Å². The van der Waals surface area contributed by atoms with Gasteiger partial charge in [0.05, 0.1) is 13.2 Å². The van der Waals surface area contributed by atoms with E-state index >= 15 is 0 Å². The van der Waals surface area contributed by atoms with Crippen LogP contribution in [0.1, 0.15) is 48.5 Å². The minimum Gasteiger partial charge on any atom is -0.467 e. The molecule has 27 heavy (non-hydrogen) atoms.